The molecule has 1 fully saturated rings. The average molecular weight is 352 g/mol. The van der Waals surface area contributed by atoms with Gasteiger partial charge >= 0.3 is 0 Å². The highest BCUT2D eigenvalue weighted by atomic mass is 16.5. The van der Waals surface area contributed by atoms with Gasteiger partial charge in [-0.25, -0.2) is 0 Å². The van der Waals surface area contributed by atoms with Gasteiger partial charge < -0.3 is 14.5 Å². The Morgan fingerprint density at radius 1 is 1.08 bits per heavy atom. The number of ether oxygens (including phenoxy) is 1. The normalized spacial score (nSPS) is 17.3. The third-order valence-electron chi connectivity index (χ3n) is 4.72. The van der Waals surface area contributed by atoms with Crippen molar-refractivity contribution in [2.45, 2.75) is 26.0 Å². The van der Waals surface area contributed by atoms with E-state index < -0.39 is 6.04 Å². The van der Waals surface area contributed by atoms with Gasteiger partial charge in [-0.2, -0.15) is 0 Å². The number of nitrogens with zero attached hydrogens (tertiary/aromatic N) is 2. The quantitative estimate of drug-likeness (QED) is 0.831. The standard InChI is InChI=1S/C21H24N2O3/c1-3-18-21(25)22(2)13-14-23(18)20(24)17-11-7-8-12-19(17)26-15-16-9-5-4-6-10-16/h4-12,18H,3,13-15H2,1-2H3/t18-/m1/s1. The molecular weight excluding hydrogens is 328 g/mol. The van der Waals surface area contributed by atoms with Gasteiger partial charge in [-0.05, 0) is 24.1 Å². The average Bonchev–Trinajstić information content (AvgIpc) is 2.69. The van der Waals surface area contributed by atoms with Gasteiger partial charge in [-0.3, -0.25) is 9.59 Å². The molecule has 2 amide bonds. The molecule has 1 atom stereocenters. The Hall–Kier alpha value is -2.82. The molecule has 0 bridgehead atoms. The number of piperazine rings is 1. The van der Waals surface area contributed by atoms with Crippen molar-refractivity contribution in [1.29, 1.82) is 0 Å². The number of benzene rings is 2. The van der Waals surface area contributed by atoms with Gasteiger partial charge in [0.2, 0.25) is 5.91 Å². The highest BCUT2D eigenvalue weighted by Gasteiger charge is 2.35. The predicted octanol–water partition coefficient (Wildman–Crippen LogP) is 2.96. The lowest BCUT2D eigenvalue weighted by atomic mass is 10.1. The first-order valence-electron chi connectivity index (χ1n) is 8.93. The van der Waals surface area contributed by atoms with E-state index in [0.717, 1.165) is 5.56 Å². The van der Waals surface area contributed by atoms with Crippen LogP contribution in [0, 0.1) is 0 Å². The number of likely N-dealkylation sites (N-methyl/N-ethyl adjacent to an activating group) is 1. The minimum atomic E-state index is -0.413. The number of hydrogen-bond acceptors (Lipinski definition) is 3. The lowest BCUT2D eigenvalue weighted by molar-refractivity contribution is -0.138. The van der Waals surface area contributed by atoms with E-state index in [1.807, 2.05) is 49.4 Å². The highest BCUT2D eigenvalue weighted by Crippen LogP contribution is 2.24. The molecule has 0 spiro atoms. The molecule has 1 heterocycles. The predicted molar refractivity (Wildman–Crippen MR) is 100.0 cm³/mol. The molecular formula is C21H24N2O3. The highest BCUT2D eigenvalue weighted by molar-refractivity contribution is 6.00. The van der Waals surface area contributed by atoms with Gasteiger partial charge in [0.15, 0.2) is 0 Å². The summed E-state index contributed by atoms with van der Waals surface area (Å²) < 4.78 is 5.91. The molecule has 0 aliphatic carbocycles. The number of hydrogen-bond donors (Lipinski definition) is 0. The fourth-order valence-corrected chi connectivity index (χ4v) is 3.21. The number of rotatable bonds is 5. The maximum absolute atomic E-state index is 13.1. The maximum atomic E-state index is 13.1. The molecule has 2 aromatic carbocycles. The van der Waals surface area contributed by atoms with E-state index in [-0.39, 0.29) is 11.8 Å². The number of amides is 2. The number of carbonyl (C=O) groups excluding carboxylic acids is 2. The minimum absolute atomic E-state index is 0.00483. The van der Waals surface area contributed by atoms with Crippen LogP contribution in [0.2, 0.25) is 0 Å². The molecule has 0 unspecified atom stereocenters. The Labute approximate surface area is 154 Å². The zero-order valence-corrected chi connectivity index (χ0v) is 15.2. The van der Waals surface area contributed by atoms with E-state index in [9.17, 15) is 9.59 Å². The van der Waals surface area contributed by atoms with Crippen molar-refractivity contribution in [2.24, 2.45) is 0 Å². The van der Waals surface area contributed by atoms with Crippen LogP contribution in [0.3, 0.4) is 0 Å². The molecule has 1 aliphatic rings. The Morgan fingerprint density at radius 2 is 1.77 bits per heavy atom. The number of para-hydroxylation sites is 1. The summed E-state index contributed by atoms with van der Waals surface area (Å²) in [5, 5.41) is 0. The molecule has 136 valence electrons. The summed E-state index contributed by atoms with van der Waals surface area (Å²) in [5.74, 6) is 0.388. The van der Waals surface area contributed by atoms with Crippen LogP contribution >= 0.6 is 0 Å². The SMILES string of the molecule is CC[C@@H]1C(=O)N(C)CCN1C(=O)c1ccccc1OCc1ccccc1. The zero-order valence-electron chi connectivity index (χ0n) is 15.2. The molecule has 26 heavy (non-hydrogen) atoms. The molecule has 0 saturated carbocycles. The van der Waals surface area contributed by atoms with Gasteiger partial charge in [0.1, 0.15) is 18.4 Å². The van der Waals surface area contributed by atoms with E-state index >= 15 is 0 Å². The van der Waals surface area contributed by atoms with E-state index in [1.54, 1.807) is 29.0 Å². The molecule has 0 aromatic heterocycles. The van der Waals surface area contributed by atoms with Crippen LogP contribution in [-0.4, -0.2) is 47.8 Å². The molecule has 1 aliphatic heterocycles. The van der Waals surface area contributed by atoms with Crippen LogP contribution in [0.1, 0.15) is 29.3 Å². The van der Waals surface area contributed by atoms with Crippen molar-refractivity contribution in [3.8, 4) is 5.75 Å². The second-order valence-corrected chi connectivity index (χ2v) is 6.45. The molecule has 0 N–H and O–H groups in total. The third-order valence-corrected chi connectivity index (χ3v) is 4.72. The first-order valence-corrected chi connectivity index (χ1v) is 8.93. The van der Waals surface area contributed by atoms with Crippen molar-refractivity contribution in [1.82, 2.24) is 9.80 Å². The first-order chi connectivity index (χ1) is 12.6. The van der Waals surface area contributed by atoms with Gasteiger partial charge in [0.05, 0.1) is 5.56 Å². The van der Waals surface area contributed by atoms with Crippen molar-refractivity contribution >= 4 is 11.8 Å². The summed E-state index contributed by atoms with van der Waals surface area (Å²) in [4.78, 5) is 28.9. The fourth-order valence-electron chi connectivity index (χ4n) is 3.21. The molecule has 3 rings (SSSR count). The Bertz CT molecular complexity index is 776. The topological polar surface area (TPSA) is 49.9 Å². The summed E-state index contributed by atoms with van der Waals surface area (Å²) in [7, 11) is 1.78. The van der Waals surface area contributed by atoms with Crippen LogP contribution in [0.5, 0.6) is 5.75 Å². The van der Waals surface area contributed by atoms with Crippen molar-refractivity contribution in [2.75, 3.05) is 20.1 Å². The number of carbonyl (C=O) groups is 2. The second-order valence-electron chi connectivity index (χ2n) is 6.45. The van der Waals surface area contributed by atoms with E-state index in [2.05, 4.69) is 0 Å². The van der Waals surface area contributed by atoms with E-state index in [1.165, 1.54) is 0 Å². The zero-order chi connectivity index (χ0) is 18.5. The van der Waals surface area contributed by atoms with Crippen molar-refractivity contribution in [3.63, 3.8) is 0 Å². The molecule has 5 nitrogen and oxygen atoms in total. The summed E-state index contributed by atoms with van der Waals surface area (Å²) >= 11 is 0. The second kappa shape index (κ2) is 8.04. The van der Waals surface area contributed by atoms with Crippen molar-refractivity contribution < 1.29 is 14.3 Å². The summed E-state index contributed by atoms with van der Waals surface area (Å²) in [6.45, 7) is 3.41. The third kappa shape index (κ3) is 3.72. The van der Waals surface area contributed by atoms with Gasteiger partial charge in [0.25, 0.3) is 5.91 Å². The largest absolute Gasteiger partial charge is 0.488 e. The van der Waals surface area contributed by atoms with Crippen LogP contribution in [0.4, 0.5) is 0 Å². The van der Waals surface area contributed by atoms with Gasteiger partial charge in [0, 0.05) is 20.1 Å². The summed E-state index contributed by atoms with van der Waals surface area (Å²) in [6.07, 6.45) is 0.599. The molecule has 0 radical (unpaired) electrons. The summed E-state index contributed by atoms with van der Waals surface area (Å²) in [6, 6.07) is 16.7. The van der Waals surface area contributed by atoms with E-state index in [0.29, 0.717) is 37.4 Å². The van der Waals surface area contributed by atoms with Crippen LogP contribution < -0.4 is 4.74 Å². The lowest BCUT2D eigenvalue weighted by Gasteiger charge is -2.39. The van der Waals surface area contributed by atoms with Crippen LogP contribution in [0.15, 0.2) is 54.6 Å². The van der Waals surface area contributed by atoms with Gasteiger partial charge in [-0.15, -0.1) is 0 Å². The van der Waals surface area contributed by atoms with E-state index in [4.69, 9.17) is 4.74 Å². The fraction of sp³-hybridized carbons (Fsp3) is 0.333. The minimum Gasteiger partial charge on any atom is -0.488 e. The molecule has 2 aromatic rings. The summed E-state index contributed by atoms with van der Waals surface area (Å²) in [5.41, 5.74) is 1.54. The monoisotopic (exact) mass is 352 g/mol. The van der Waals surface area contributed by atoms with Crippen LogP contribution in [0.25, 0.3) is 0 Å². The Kier molecular flexibility index (Phi) is 5.56. The Morgan fingerprint density at radius 3 is 2.50 bits per heavy atom. The van der Waals surface area contributed by atoms with Gasteiger partial charge in [-0.1, -0.05) is 49.4 Å². The Balaban J connectivity index is 1.80. The molecule has 1 saturated heterocycles. The smallest absolute Gasteiger partial charge is 0.258 e. The van der Waals surface area contributed by atoms with Crippen molar-refractivity contribution in [3.05, 3.63) is 65.7 Å². The molecule has 5 heteroatoms. The first kappa shape index (κ1) is 18.0. The lowest BCUT2D eigenvalue weighted by Crippen LogP contribution is -2.57. The van der Waals surface area contributed by atoms with Crippen LogP contribution in [-0.2, 0) is 11.4 Å². The maximum Gasteiger partial charge on any atom is 0.258 e.